The van der Waals surface area contributed by atoms with Crippen LogP contribution in [0.5, 0.6) is 0 Å². The van der Waals surface area contributed by atoms with E-state index < -0.39 is 0 Å². The van der Waals surface area contributed by atoms with Gasteiger partial charge in [-0.1, -0.05) is 6.92 Å². The van der Waals surface area contributed by atoms with Crippen molar-refractivity contribution >= 4 is 23.4 Å². The molecule has 1 aromatic rings. The van der Waals surface area contributed by atoms with Crippen molar-refractivity contribution in [2.75, 3.05) is 29.5 Å². The fraction of sp³-hybridized carbons (Fsp3) is 0.636. The molecule has 1 unspecified atom stereocenters. The van der Waals surface area contributed by atoms with Gasteiger partial charge < -0.3 is 10.6 Å². The van der Waals surface area contributed by atoms with Crippen LogP contribution in [0.25, 0.3) is 0 Å². The Morgan fingerprint density at radius 1 is 1.56 bits per heavy atom. The van der Waals surface area contributed by atoms with Crippen molar-refractivity contribution in [3.8, 4) is 0 Å². The first-order valence-corrected chi connectivity index (χ1v) is 6.71. The minimum absolute atomic E-state index is 0.564. The van der Waals surface area contributed by atoms with Crippen LogP contribution in [0.1, 0.15) is 19.2 Å². The molecule has 0 aliphatic carbocycles. The minimum Gasteiger partial charge on any atom is -0.384 e. The molecular weight excluding hydrogens is 220 g/mol. The van der Waals surface area contributed by atoms with E-state index in [0.29, 0.717) is 11.1 Å². The molecule has 2 N–H and O–H groups in total. The second kappa shape index (κ2) is 4.91. The maximum Gasteiger partial charge on any atom is 0.134 e. The molecule has 4 nitrogen and oxygen atoms in total. The maximum atomic E-state index is 5.75. The number of aryl methyl sites for hydroxylation is 1. The van der Waals surface area contributed by atoms with E-state index in [4.69, 9.17) is 5.73 Å². The van der Waals surface area contributed by atoms with Gasteiger partial charge in [0.2, 0.25) is 0 Å². The molecule has 5 heteroatoms. The molecule has 2 heterocycles. The molecule has 1 aromatic heterocycles. The van der Waals surface area contributed by atoms with Crippen molar-refractivity contribution in [2.24, 2.45) is 0 Å². The van der Waals surface area contributed by atoms with Crippen molar-refractivity contribution in [1.29, 1.82) is 0 Å². The van der Waals surface area contributed by atoms with Gasteiger partial charge in [0, 0.05) is 30.2 Å². The monoisotopic (exact) mass is 238 g/mol. The molecule has 0 amide bonds. The van der Waals surface area contributed by atoms with Crippen molar-refractivity contribution in [2.45, 2.75) is 25.5 Å². The van der Waals surface area contributed by atoms with E-state index in [-0.39, 0.29) is 0 Å². The average molecular weight is 238 g/mol. The summed E-state index contributed by atoms with van der Waals surface area (Å²) in [5.74, 6) is 3.46. The molecule has 2 rings (SSSR count). The third-order valence-corrected chi connectivity index (χ3v) is 4.13. The van der Waals surface area contributed by atoms with Gasteiger partial charge in [0.25, 0.3) is 0 Å². The van der Waals surface area contributed by atoms with Crippen LogP contribution in [0.2, 0.25) is 0 Å². The molecule has 0 saturated carbocycles. The second-order valence-corrected chi connectivity index (χ2v) is 5.45. The SMILES string of the molecule is CCC1CN(c2cc(N)nc(C)n2)CCS1. The van der Waals surface area contributed by atoms with Gasteiger partial charge in [-0.05, 0) is 13.3 Å². The summed E-state index contributed by atoms with van der Waals surface area (Å²) in [6.45, 7) is 6.24. The summed E-state index contributed by atoms with van der Waals surface area (Å²) in [6.07, 6.45) is 1.21. The van der Waals surface area contributed by atoms with Gasteiger partial charge >= 0.3 is 0 Å². The fourth-order valence-corrected chi connectivity index (χ4v) is 3.09. The molecule has 16 heavy (non-hydrogen) atoms. The van der Waals surface area contributed by atoms with Crippen LogP contribution in [0, 0.1) is 6.92 Å². The van der Waals surface area contributed by atoms with Gasteiger partial charge in [0.05, 0.1) is 0 Å². The molecular formula is C11H18N4S. The van der Waals surface area contributed by atoms with E-state index in [1.165, 1.54) is 12.2 Å². The first-order valence-electron chi connectivity index (χ1n) is 5.66. The molecule has 1 aliphatic heterocycles. The van der Waals surface area contributed by atoms with Crippen LogP contribution in [0.15, 0.2) is 6.07 Å². The average Bonchev–Trinajstić information content (AvgIpc) is 2.28. The molecule has 1 fully saturated rings. The normalized spacial score (nSPS) is 21.1. The predicted octanol–water partition coefficient (Wildman–Crippen LogP) is 1.70. The first kappa shape index (κ1) is 11.5. The molecule has 0 radical (unpaired) electrons. The lowest BCUT2D eigenvalue weighted by Crippen LogP contribution is -2.38. The zero-order valence-corrected chi connectivity index (χ0v) is 10.6. The highest BCUT2D eigenvalue weighted by atomic mass is 32.2. The molecule has 1 saturated heterocycles. The van der Waals surface area contributed by atoms with Crippen LogP contribution in [-0.4, -0.2) is 34.1 Å². The highest BCUT2D eigenvalue weighted by Gasteiger charge is 2.20. The van der Waals surface area contributed by atoms with E-state index in [1.807, 2.05) is 13.0 Å². The number of rotatable bonds is 2. The molecule has 1 aliphatic rings. The summed E-state index contributed by atoms with van der Waals surface area (Å²) in [5.41, 5.74) is 5.75. The summed E-state index contributed by atoms with van der Waals surface area (Å²) in [5, 5.41) is 0.713. The smallest absolute Gasteiger partial charge is 0.134 e. The first-order chi connectivity index (χ1) is 7.69. The Bertz CT molecular complexity index is 349. The topological polar surface area (TPSA) is 55.0 Å². The van der Waals surface area contributed by atoms with Gasteiger partial charge in [0.15, 0.2) is 0 Å². The third kappa shape index (κ3) is 2.58. The van der Waals surface area contributed by atoms with E-state index in [9.17, 15) is 0 Å². The summed E-state index contributed by atoms with van der Waals surface area (Å²) >= 11 is 2.05. The highest BCUT2D eigenvalue weighted by Crippen LogP contribution is 2.25. The zero-order chi connectivity index (χ0) is 11.5. The molecule has 0 bridgehead atoms. The fourth-order valence-electron chi connectivity index (χ4n) is 1.91. The number of nitrogens with two attached hydrogens (primary N) is 1. The number of hydrogen-bond acceptors (Lipinski definition) is 5. The molecule has 0 spiro atoms. The number of nitrogens with zero attached hydrogens (tertiary/aromatic N) is 3. The Morgan fingerprint density at radius 2 is 2.38 bits per heavy atom. The van der Waals surface area contributed by atoms with E-state index in [2.05, 4.69) is 33.6 Å². The van der Waals surface area contributed by atoms with E-state index >= 15 is 0 Å². The lowest BCUT2D eigenvalue weighted by Gasteiger charge is -2.32. The zero-order valence-electron chi connectivity index (χ0n) is 9.81. The van der Waals surface area contributed by atoms with Gasteiger partial charge in [0.1, 0.15) is 17.5 Å². The Hall–Kier alpha value is -0.970. The largest absolute Gasteiger partial charge is 0.384 e. The van der Waals surface area contributed by atoms with Crippen molar-refractivity contribution in [1.82, 2.24) is 9.97 Å². The number of aromatic nitrogens is 2. The van der Waals surface area contributed by atoms with Crippen LogP contribution in [0.4, 0.5) is 11.6 Å². The van der Waals surface area contributed by atoms with Gasteiger partial charge in [-0.25, -0.2) is 9.97 Å². The van der Waals surface area contributed by atoms with E-state index in [1.54, 1.807) is 0 Å². The molecule has 0 aromatic carbocycles. The van der Waals surface area contributed by atoms with Crippen LogP contribution < -0.4 is 10.6 Å². The summed E-state index contributed by atoms with van der Waals surface area (Å²) in [7, 11) is 0. The van der Waals surface area contributed by atoms with Crippen LogP contribution >= 0.6 is 11.8 Å². The molecule has 88 valence electrons. The Morgan fingerprint density at radius 3 is 3.06 bits per heavy atom. The minimum atomic E-state index is 0.564. The highest BCUT2D eigenvalue weighted by molar-refractivity contribution is 8.00. The Balaban J connectivity index is 2.16. The third-order valence-electron chi connectivity index (χ3n) is 2.76. The number of nitrogen functional groups attached to an aromatic ring is 1. The summed E-state index contributed by atoms with van der Waals surface area (Å²) < 4.78 is 0. The van der Waals surface area contributed by atoms with E-state index in [0.717, 1.165) is 24.7 Å². The van der Waals surface area contributed by atoms with Crippen LogP contribution in [0.3, 0.4) is 0 Å². The number of hydrogen-bond donors (Lipinski definition) is 1. The lowest BCUT2D eigenvalue weighted by atomic mass is 10.3. The van der Waals surface area contributed by atoms with Gasteiger partial charge in [-0.15, -0.1) is 0 Å². The molecule has 1 atom stereocenters. The Kier molecular flexibility index (Phi) is 3.53. The quantitative estimate of drug-likeness (QED) is 0.850. The standard InChI is InChI=1S/C11H18N4S/c1-3-9-7-15(4-5-16-9)11-6-10(12)13-8(2)14-11/h6,9H,3-5,7H2,1-2H3,(H2,12,13,14). The second-order valence-electron chi connectivity index (χ2n) is 4.05. The Labute approximate surface area is 101 Å². The summed E-state index contributed by atoms with van der Waals surface area (Å²) in [6, 6.07) is 1.87. The van der Waals surface area contributed by atoms with Crippen molar-refractivity contribution in [3.05, 3.63) is 11.9 Å². The lowest BCUT2D eigenvalue weighted by molar-refractivity contribution is 0.717. The van der Waals surface area contributed by atoms with Gasteiger partial charge in [-0.2, -0.15) is 11.8 Å². The van der Waals surface area contributed by atoms with Crippen molar-refractivity contribution in [3.63, 3.8) is 0 Å². The van der Waals surface area contributed by atoms with Gasteiger partial charge in [-0.3, -0.25) is 0 Å². The maximum absolute atomic E-state index is 5.75. The van der Waals surface area contributed by atoms with Crippen LogP contribution in [-0.2, 0) is 0 Å². The predicted molar refractivity (Wildman–Crippen MR) is 69.9 cm³/mol. The number of thioether (sulfide) groups is 1. The summed E-state index contributed by atoms with van der Waals surface area (Å²) in [4.78, 5) is 10.9. The van der Waals surface area contributed by atoms with Crippen molar-refractivity contribution < 1.29 is 0 Å². The number of anilines is 2.